The predicted octanol–water partition coefficient (Wildman–Crippen LogP) is 3.52. The molecule has 0 saturated heterocycles. The number of nitrogens with zero attached hydrogens (tertiary/aromatic N) is 3. The summed E-state index contributed by atoms with van der Waals surface area (Å²) in [6.45, 7) is 3.11. The van der Waals surface area contributed by atoms with Gasteiger partial charge in [0.2, 0.25) is 10.0 Å². The number of aliphatic hydroxyl groups is 1. The molecule has 0 aromatic heterocycles. The lowest BCUT2D eigenvalue weighted by atomic mass is 9.77. The summed E-state index contributed by atoms with van der Waals surface area (Å²) in [4.78, 5) is 28.2. The van der Waals surface area contributed by atoms with Gasteiger partial charge in [0, 0.05) is 18.0 Å². The highest BCUT2D eigenvalue weighted by molar-refractivity contribution is 7.92. The first-order valence-corrected chi connectivity index (χ1v) is 17.3. The fourth-order valence-corrected chi connectivity index (χ4v) is 9.42. The Morgan fingerprint density at radius 1 is 1.17 bits per heavy atom. The van der Waals surface area contributed by atoms with Crippen molar-refractivity contribution in [2.24, 2.45) is 22.2 Å². The molecule has 2 bridgehead atoms. The molecule has 222 valence electrons. The van der Waals surface area contributed by atoms with Gasteiger partial charge in [-0.3, -0.25) is 4.79 Å². The van der Waals surface area contributed by atoms with Crippen molar-refractivity contribution >= 4 is 49.3 Å². The third-order valence-electron chi connectivity index (χ3n) is 8.95. The second-order valence-corrected chi connectivity index (χ2v) is 15.3. The molecule has 14 heteroatoms. The van der Waals surface area contributed by atoms with Gasteiger partial charge in [0.25, 0.3) is 15.9 Å². The highest BCUT2D eigenvalue weighted by Crippen LogP contribution is 2.56. The molecule has 41 heavy (non-hydrogen) atoms. The SMILES string of the molecule is CC(C)OC(=O)N(c1ccc2c(c1)S(=O)(=O)N=C(C1=C(O)[C@@H]3[C@H]4CC[C@@H](C4)[C@@H]3N(C3CCCC3)C1=O)N2)S(C)(=O)=O. The first kappa shape index (κ1) is 28.0. The van der Waals surface area contributed by atoms with Crippen LogP contribution in [0.15, 0.2) is 38.8 Å². The zero-order valence-corrected chi connectivity index (χ0v) is 24.7. The number of hydrogen-bond acceptors (Lipinski definition) is 9. The number of benzene rings is 1. The number of nitrogens with one attached hydrogen (secondary N) is 1. The molecule has 0 radical (unpaired) electrons. The third kappa shape index (κ3) is 4.59. The second-order valence-electron chi connectivity index (χ2n) is 11.9. The monoisotopic (exact) mass is 606 g/mol. The van der Waals surface area contributed by atoms with Gasteiger partial charge in [-0.15, -0.1) is 4.40 Å². The number of sulfonamides is 2. The van der Waals surface area contributed by atoms with E-state index in [9.17, 15) is 31.5 Å². The molecule has 0 unspecified atom stereocenters. The van der Waals surface area contributed by atoms with E-state index in [0.29, 0.717) is 10.2 Å². The molecular weight excluding hydrogens is 572 g/mol. The molecule has 1 aromatic rings. The van der Waals surface area contributed by atoms with Crippen molar-refractivity contribution in [3.8, 4) is 0 Å². The van der Waals surface area contributed by atoms with E-state index in [1.54, 1.807) is 13.8 Å². The molecule has 2 heterocycles. The maximum Gasteiger partial charge on any atom is 0.428 e. The Labute approximate surface area is 239 Å². The maximum atomic E-state index is 14.0. The van der Waals surface area contributed by atoms with Gasteiger partial charge in [-0.05, 0) is 76.0 Å². The zero-order chi connectivity index (χ0) is 29.4. The van der Waals surface area contributed by atoms with E-state index in [0.717, 1.165) is 57.3 Å². The van der Waals surface area contributed by atoms with Crippen molar-refractivity contribution < 1.29 is 36.3 Å². The van der Waals surface area contributed by atoms with Crippen LogP contribution in [0.2, 0.25) is 0 Å². The first-order valence-electron chi connectivity index (χ1n) is 14.0. The van der Waals surface area contributed by atoms with Crippen LogP contribution in [0.5, 0.6) is 0 Å². The number of rotatable bonds is 5. The van der Waals surface area contributed by atoms with E-state index in [1.165, 1.54) is 12.1 Å². The molecule has 5 aliphatic rings. The molecule has 3 saturated carbocycles. The Morgan fingerprint density at radius 3 is 2.51 bits per heavy atom. The van der Waals surface area contributed by atoms with Gasteiger partial charge in [0.1, 0.15) is 16.2 Å². The second kappa shape index (κ2) is 9.72. The standard InChI is InChI=1S/C27H34N4O8S2/c1-14(2)39-27(34)31(40(3,35)36)18-10-11-19-20(13-18)41(37,38)29-25(28-19)22-24(32)21-15-8-9-16(12-15)23(21)30(26(22)33)17-6-4-5-7-17/h10-11,13-17,21,23,32H,4-9,12H2,1-3H3,(H,28,29)/t15-,16-,21+,23-/m0/s1. The number of hydrogen-bond donors (Lipinski definition) is 2. The number of ether oxygens (including phenoxy) is 1. The fourth-order valence-electron chi connectivity index (χ4n) is 7.47. The maximum absolute atomic E-state index is 14.0. The lowest BCUT2D eigenvalue weighted by Crippen LogP contribution is -2.57. The molecule has 0 spiro atoms. The molecule has 6 rings (SSSR count). The number of aliphatic hydroxyl groups excluding tert-OH is 1. The van der Waals surface area contributed by atoms with Crippen molar-refractivity contribution in [3.63, 3.8) is 0 Å². The Bertz CT molecular complexity index is 1590. The van der Waals surface area contributed by atoms with Gasteiger partial charge < -0.3 is 20.1 Å². The van der Waals surface area contributed by atoms with Gasteiger partial charge in [0.05, 0.1) is 23.7 Å². The molecule has 3 fully saturated rings. The van der Waals surface area contributed by atoms with Crippen LogP contribution in [-0.4, -0.2) is 69.1 Å². The van der Waals surface area contributed by atoms with Crippen LogP contribution in [0.4, 0.5) is 16.2 Å². The zero-order valence-electron chi connectivity index (χ0n) is 23.1. The summed E-state index contributed by atoms with van der Waals surface area (Å²) >= 11 is 0. The normalized spacial score (nSPS) is 28.8. The van der Waals surface area contributed by atoms with E-state index in [-0.39, 0.29) is 57.4 Å². The van der Waals surface area contributed by atoms with E-state index >= 15 is 0 Å². The minimum atomic E-state index is -4.47. The largest absolute Gasteiger partial charge is 0.511 e. The quantitative estimate of drug-likeness (QED) is 0.511. The topological polar surface area (TPSA) is 163 Å². The number of carbonyl (C=O) groups excluding carboxylic acids is 2. The number of amidine groups is 1. The van der Waals surface area contributed by atoms with Crippen LogP contribution in [-0.2, 0) is 29.6 Å². The minimum absolute atomic E-state index is 0.0417. The summed E-state index contributed by atoms with van der Waals surface area (Å²) in [7, 11) is -8.65. The Morgan fingerprint density at radius 2 is 1.85 bits per heavy atom. The van der Waals surface area contributed by atoms with Crippen molar-refractivity contribution in [1.29, 1.82) is 0 Å². The van der Waals surface area contributed by atoms with E-state index in [1.807, 2.05) is 4.90 Å². The van der Waals surface area contributed by atoms with E-state index in [2.05, 4.69) is 9.71 Å². The summed E-state index contributed by atoms with van der Waals surface area (Å²) in [5.41, 5.74) is -0.323. The third-order valence-corrected chi connectivity index (χ3v) is 11.3. The van der Waals surface area contributed by atoms with Gasteiger partial charge in [0.15, 0.2) is 5.84 Å². The summed E-state index contributed by atoms with van der Waals surface area (Å²) in [5.74, 6) is -0.487. The Hall–Kier alpha value is -3.13. The molecule has 12 nitrogen and oxygen atoms in total. The van der Waals surface area contributed by atoms with Crippen molar-refractivity contribution in [3.05, 3.63) is 29.5 Å². The number of carbonyl (C=O) groups is 2. The molecule has 4 atom stereocenters. The molecule has 2 aliphatic heterocycles. The van der Waals surface area contributed by atoms with E-state index in [4.69, 9.17) is 4.74 Å². The Balaban J connectivity index is 1.40. The van der Waals surface area contributed by atoms with Crippen molar-refractivity contribution in [2.75, 3.05) is 15.9 Å². The van der Waals surface area contributed by atoms with Crippen LogP contribution in [0.25, 0.3) is 0 Å². The van der Waals surface area contributed by atoms with Crippen LogP contribution >= 0.6 is 0 Å². The summed E-state index contributed by atoms with van der Waals surface area (Å²) < 4.78 is 61.2. The molecular formula is C27H34N4O8S2. The van der Waals surface area contributed by atoms with Crippen LogP contribution in [0, 0.1) is 17.8 Å². The van der Waals surface area contributed by atoms with Crippen molar-refractivity contribution in [1.82, 2.24) is 4.90 Å². The summed E-state index contributed by atoms with van der Waals surface area (Å²) in [6.07, 6.45) is 5.70. The van der Waals surface area contributed by atoms with Gasteiger partial charge in [-0.2, -0.15) is 12.7 Å². The minimum Gasteiger partial charge on any atom is -0.511 e. The van der Waals surface area contributed by atoms with Crippen LogP contribution in [0.3, 0.4) is 0 Å². The molecule has 1 aromatic carbocycles. The fraction of sp³-hybridized carbons (Fsp3) is 0.593. The Kier molecular flexibility index (Phi) is 6.64. The number of fused-ring (bicyclic) bond motifs is 6. The van der Waals surface area contributed by atoms with E-state index < -0.39 is 38.2 Å². The van der Waals surface area contributed by atoms with Gasteiger partial charge in [-0.25, -0.2) is 13.2 Å². The summed E-state index contributed by atoms with van der Waals surface area (Å²) in [6, 6.07) is 3.55. The lowest BCUT2D eigenvalue weighted by Gasteiger charge is -2.46. The average Bonchev–Trinajstić information content (AvgIpc) is 3.62. The lowest BCUT2D eigenvalue weighted by molar-refractivity contribution is -0.136. The molecule has 2 amide bonds. The highest BCUT2D eigenvalue weighted by Gasteiger charge is 2.58. The van der Waals surface area contributed by atoms with Crippen molar-refractivity contribution in [2.45, 2.75) is 81.9 Å². The molecule has 2 N–H and O–H groups in total. The first-order chi connectivity index (χ1) is 19.3. The number of anilines is 2. The van der Waals surface area contributed by atoms with Gasteiger partial charge in [-0.1, -0.05) is 12.8 Å². The highest BCUT2D eigenvalue weighted by atomic mass is 32.2. The average molecular weight is 607 g/mol. The molecule has 3 aliphatic carbocycles. The number of amides is 2. The smallest absolute Gasteiger partial charge is 0.428 e. The predicted molar refractivity (Wildman–Crippen MR) is 150 cm³/mol. The van der Waals surface area contributed by atoms with Crippen LogP contribution < -0.4 is 9.62 Å². The van der Waals surface area contributed by atoms with Crippen LogP contribution in [0.1, 0.15) is 58.8 Å². The van der Waals surface area contributed by atoms with Gasteiger partial charge >= 0.3 is 6.09 Å². The summed E-state index contributed by atoms with van der Waals surface area (Å²) in [5, 5.41) is 14.4.